The minimum absolute atomic E-state index is 0.0319. The monoisotopic (exact) mass is 435 g/mol. The first-order chi connectivity index (χ1) is 14.8. The Kier molecular flexibility index (Phi) is 7.94. The van der Waals surface area contributed by atoms with Gasteiger partial charge in [0, 0.05) is 44.3 Å². The number of amides is 2. The van der Waals surface area contributed by atoms with E-state index in [4.69, 9.17) is 9.72 Å². The molecule has 2 heterocycles. The van der Waals surface area contributed by atoms with Crippen LogP contribution < -0.4 is 10.6 Å². The summed E-state index contributed by atoms with van der Waals surface area (Å²) in [7, 11) is 1.36. The van der Waals surface area contributed by atoms with Crippen LogP contribution in [0.25, 0.3) is 0 Å². The van der Waals surface area contributed by atoms with Gasteiger partial charge in [-0.2, -0.15) is 0 Å². The van der Waals surface area contributed by atoms with Gasteiger partial charge >= 0.3 is 6.09 Å². The van der Waals surface area contributed by atoms with Gasteiger partial charge in [0.2, 0.25) is 0 Å². The van der Waals surface area contributed by atoms with Crippen LogP contribution in [0.4, 0.5) is 4.79 Å². The molecule has 0 bridgehead atoms. The predicted molar refractivity (Wildman–Crippen MR) is 117 cm³/mol. The molecule has 9 heteroatoms. The number of carbonyl (C=O) groups is 2. The van der Waals surface area contributed by atoms with Gasteiger partial charge in [0.25, 0.3) is 5.91 Å². The van der Waals surface area contributed by atoms with Gasteiger partial charge in [-0.3, -0.25) is 4.79 Å². The number of hydrogen-bond acceptors (Lipinski definition) is 6. The van der Waals surface area contributed by atoms with Crippen molar-refractivity contribution >= 4 is 12.0 Å². The number of methoxy groups -OCH3 is 1. The van der Waals surface area contributed by atoms with Gasteiger partial charge in [0.1, 0.15) is 11.9 Å². The molecular weight excluding hydrogens is 398 g/mol. The lowest BCUT2D eigenvalue weighted by atomic mass is 10.1. The Morgan fingerprint density at radius 1 is 1.35 bits per heavy atom. The molecule has 1 aliphatic heterocycles. The molecule has 9 nitrogen and oxygen atoms in total. The number of nitrogens with zero attached hydrogens (tertiary/aromatic N) is 3. The molecule has 1 aromatic rings. The molecule has 3 atom stereocenters. The van der Waals surface area contributed by atoms with Gasteiger partial charge in [-0.05, 0) is 33.1 Å². The van der Waals surface area contributed by atoms with Crippen molar-refractivity contribution in [3.8, 4) is 0 Å². The average Bonchev–Trinajstić information content (AvgIpc) is 3.48. The Hall–Kier alpha value is -2.13. The van der Waals surface area contributed by atoms with E-state index in [0.29, 0.717) is 13.1 Å². The molecule has 31 heavy (non-hydrogen) atoms. The maximum Gasteiger partial charge on any atom is 0.406 e. The molecule has 0 spiro atoms. The highest BCUT2D eigenvalue weighted by Crippen LogP contribution is 2.35. The number of morpholine rings is 1. The minimum Gasteiger partial charge on any atom is -0.453 e. The SMILES string of the molecule is COC(=O)NCCCn1cc([C@@H](C)N(C(=O)[C@H]2CNC[C@@H](C)O2)C2CC2)nc1C(C)C. The highest BCUT2D eigenvalue weighted by molar-refractivity contribution is 5.82. The van der Waals surface area contributed by atoms with E-state index in [9.17, 15) is 9.59 Å². The molecule has 2 amide bonds. The summed E-state index contributed by atoms with van der Waals surface area (Å²) >= 11 is 0. The lowest BCUT2D eigenvalue weighted by molar-refractivity contribution is -0.152. The number of ether oxygens (including phenoxy) is 2. The van der Waals surface area contributed by atoms with Crippen LogP contribution in [0.2, 0.25) is 0 Å². The van der Waals surface area contributed by atoms with Crippen LogP contribution in [0.15, 0.2) is 6.20 Å². The van der Waals surface area contributed by atoms with Gasteiger partial charge in [0.05, 0.1) is 24.9 Å². The first kappa shape index (κ1) is 23.5. The van der Waals surface area contributed by atoms with Crippen molar-refractivity contribution in [1.82, 2.24) is 25.1 Å². The third-order valence-electron chi connectivity index (χ3n) is 5.85. The zero-order chi connectivity index (χ0) is 22.5. The van der Waals surface area contributed by atoms with E-state index in [-0.39, 0.29) is 30.0 Å². The van der Waals surface area contributed by atoms with Crippen molar-refractivity contribution in [3.05, 3.63) is 17.7 Å². The number of rotatable bonds is 9. The quantitative estimate of drug-likeness (QED) is 0.577. The summed E-state index contributed by atoms with van der Waals surface area (Å²) in [4.78, 5) is 31.5. The third kappa shape index (κ3) is 5.98. The van der Waals surface area contributed by atoms with E-state index in [2.05, 4.69) is 46.9 Å². The molecule has 1 aromatic heterocycles. The smallest absolute Gasteiger partial charge is 0.406 e. The van der Waals surface area contributed by atoms with Crippen LogP contribution >= 0.6 is 0 Å². The number of aromatic nitrogens is 2. The highest BCUT2D eigenvalue weighted by atomic mass is 16.5. The van der Waals surface area contributed by atoms with Crippen molar-refractivity contribution < 1.29 is 19.1 Å². The Morgan fingerprint density at radius 2 is 2.10 bits per heavy atom. The fourth-order valence-electron chi connectivity index (χ4n) is 4.09. The molecule has 1 saturated carbocycles. The molecular formula is C22H37N5O4. The number of nitrogens with one attached hydrogen (secondary N) is 2. The minimum atomic E-state index is -0.442. The van der Waals surface area contributed by atoms with E-state index in [1.165, 1.54) is 7.11 Å². The number of imidazole rings is 1. The first-order valence-corrected chi connectivity index (χ1v) is 11.4. The van der Waals surface area contributed by atoms with Gasteiger partial charge in [-0.25, -0.2) is 9.78 Å². The molecule has 0 aromatic carbocycles. The van der Waals surface area contributed by atoms with Crippen LogP contribution in [-0.4, -0.2) is 71.4 Å². The Bertz CT molecular complexity index is 761. The van der Waals surface area contributed by atoms with Crippen molar-refractivity contribution in [3.63, 3.8) is 0 Å². The van der Waals surface area contributed by atoms with E-state index >= 15 is 0 Å². The fourth-order valence-corrected chi connectivity index (χ4v) is 4.09. The normalized spacial score (nSPS) is 22.3. The average molecular weight is 436 g/mol. The van der Waals surface area contributed by atoms with E-state index < -0.39 is 12.2 Å². The number of carbonyl (C=O) groups excluding carboxylic acids is 2. The molecule has 2 fully saturated rings. The van der Waals surface area contributed by atoms with E-state index in [0.717, 1.165) is 43.9 Å². The second kappa shape index (κ2) is 10.5. The third-order valence-corrected chi connectivity index (χ3v) is 5.85. The number of hydrogen-bond donors (Lipinski definition) is 2. The Morgan fingerprint density at radius 3 is 2.71 bits per heavy atom. The topological polar surface area (TPSA) is 97.7 Å². The first-order valence-electron chi connectivity index (χ1n) is 11.4. The molecule has 1 saturated heterocycles. The Labute approximate surface area is 184 Å². The lowest BCUT2D eigenvalue weighted by Gasteiger charge is -2.35. The molecule has 3 rings (SSSR count). The van der Waals surface area contributed by atoms with Crippen LogP contribution in [0, 0.1) is 0 Å². The van der Waals surface area contributed by atoms with Crippen LogP contribution in [0.3, 0.4) is 0 Å². The van der Waals surface area contributed by atoms with Gasteiger partial charge in [-0.15, -0.1) is 0 Å². The van der Waals surface area contributed by atoms with Crippen molar-refractivity contribution in [1.29, 1.82) is 0 Å². The zero-order valence-corrected chi connectivity index (χ0v) is 19.4. The summed E-state index contributed by atoms with van der Waals surface area (Å²) < 4.78 is 12.7. The molecule has 174 valence electrons. The second-order valence-electron chi connectivity index (χ2n) is 8.89. The zero-order valence-electron chi connectivity index (χ0n) is 19.4. The summed E-state index contributed by atoms with van der Waals surface area (Å²) in [5.74, 6) is 1.30. The predicted octanol–water partition coefficient (Wildman–Crippen LogP) is 2.18. The van der Waals surface area contributed by atoms with Crippen LogP contribution in [-0.2, 0) is 20.8 Å². The van der Waals surface area contributed by atoms with Crippen LogP contribution in [0.5, 0.6) is 0 Å². The molecule has 2 N–H and O–H groups in total. The molecule has 0 unspecified atom stereocenters. The summed E-state index contributed by atoms with van der Waals surface area (Å²) in [5, 5.41) is 6.01. The van der Waals surface area contributed by atoms with Crippen molar-refractivity contribution in [2.75, 3.05) is 26.7 Å². The summed E-state index contributed by atoms with van der Waals surface area (Å²) in [5.41, 5.74) is 0.904. The summed E-state index contributed by atoms with van der Waals surface area (Å²) in [6.07, 6.45) is 4.06. The maximum atomic E-state index is 13.3. The fraction of sp³-hybridized carbons (Fsp3) is 0.773. The summed E-state index contributed by atoms with van der Waals surface area (Å²) in [6.45, 7) is 10.9. The van der Waals surface area contributed by atoms with Crippen molar-refractivity contribution in [2.45, 2.75) is 83.7 Å². The van der Waals surface area contributed by atoms with Gasteiger partial charge in [0.15, 0.2) is 0 Å². The molecule has 1 aliphatic carbocycles. The second-order valence-corrected chi connectivity index (χ2v) is 8.89. The molecule has 0 radical (unpaired) electrons. The van der Waals surface area contributed by atoms with Gasteiger partial charge in [-0.1, -0.05) is 13.8 Å². The van der Waals surface area contributed by atoms with Crippen molar-refractivity contribution in [2.24, 2.45) is 0 Å². The van der Waals surface area contributed by atoms with E-state index in [1.54, 1.807) is 0 Å². The van der Waals surface area contributed by atoms with Gasteiger partial charge < -0.3 is 29.6 Å². The standard InChI is InChI=1S/C22H37N5O4/c1-14(2)20-25-18(13-26(20)10-6-9-24-22(29)30-5)16(4)27(17-7-8-17)21(28)19-12-23-11-15(3)31-19/h13-17,19,23H,6-12H2,1-5H3,(H,24,29)/t15-,16-,19-/m1/s1. The highest BCUT2D eigenvalue weighted by Gasteiger charge is 2.41. The summed E-state index contributed by atoms with van der Waals surface area (Å²) in [6, 6.07) is 0.146. The largest absolute Gasteiger partial charge is 0.453 e. The van der Waals surface area contributed by atoms with Crippen LogP contribution in [0.1, 0.15) is 70.4 Å². The Balaban J connectivity index is 1.71. The lowest BCUT2D eigenvalue weighted by Crippen LogP contribution is -2.53. The number of alkyl carbamates (subject to hydrolysis) is 1. The molecule has 2 aliphatic rings. The number of aryl methyl sites for hydroxylation is 1. The maximum absolute atomic E-state index is 13.3. The van der Waals surface area contributed by atoms with E-state index in [1.807, 2.05) is 11.8 Å².